The zero-order valence-electron chi connectivity index (χ0n) is 8.96. The highest BCUT2D eigenvalue weighted by molar-refractivity contribution is 8.00. The lowest BCUT2D eigenvalue weighted by Gasteiger charge is -2.25. The van der Waals surface area contributed by atoms with Crippen molar-refractivity contribution < 1.29 is 8.78 Å². The molecule has 0 aromatic heterocycles. The number of nitrogens with two attached hydrogens (primary N) is 1. The van der Waals surface area contributed by atoms with Crippen molar-refractivity contribution in [3.8, 4) is 0 Å². The summed E-state index contributed by atoms with van der Waals surface area (Å²) in [6, 6.07) is 4.42. The molecule has 0 bridgehead atoms. The van der Waals surface area contributed by atoms with Gasteiger partial charge in [0, 0.05) is 16.2 Å². The van der Waals surface area contributed by atoms with Gasteiger partial charge in [0.2, 0.25) is 0 Å². The van der Waals surface area contributed by atoms with Gasteiger partial charge in [0.05, 0.1) is 0 Å². The maximum absolute atomic E-state index is 13.0. The van der Waals surface area contributed by atoms with Gasteiger partial charge in [-0.2, -0.15) is 0 Å². The van der Waals surface area contributed by atoms with E-state index < -0.39 is 11.6 Å². The molecule has 1 aliphatic rings. The van der Waals surface area contributed by atoms with Crippen LogP contribution in [0.1, 0.15) is 25.7 Å². The van der Waals surface area contributed by atoms with Gasteiger partial charge in [-0.25, -0.2) is 8.78 Å². The van der Waals surface area contributed by atoms with Crippen LogP contribution in [0, 0.1) is 11.6 Å². The molecular weight excluding hydrogens is 228 g/mol. The molecule has 0 unspecified atom stereocenters. The second kappa shape index (κ2) is 5.15. The quantitative estimate of drug-likeness (QED) is 0.862. The minimum atomic E-state index is -0.782. The second-order valence-corrected chi connectivity index (χ2v) is 5.60. The molecule has 0 atom stereocenters. The van der Waals surface area contributed by atoms with Crippen LogP contribution in [0.15, 0.2) is 23.1 Å². The number of halogens is 2. The smallest absolute Gasteiger partial charge is 0.159 e. The molecule has 1 saturated carbocycles. The van der Waals surface area contributed by atoms with Crippen LogP contribution in [-0.4, -0.2) is 11.3 Å². The van der Waals surface area contributed by atoms with E-state index in [0.717, 1.165) is 30.6 Å². The Morgan fingerprint density at radius 3 is 2.38 bits per heavy atom. The van der Waals surface area contributed by atoms with Gasteiger partial charge in [0.1, 0.15) is 0 Å². The summed E-state index contributed by atoms with van der Waals surface area (Å²) in [6.45, 7) is 0. The van der Waals surface area contributed by atoms with Crippen molar-refractivity contribution in [1.29, 1.82) is 0 Å². The van der Waals surface area contributed by atoms with E-state index in [1.165, 1.54) is 12.1 Å². The number of thioether (sulfide) groups is 1. The lowest BCUT2D eigenvalue weighted by molar-refractivity contribution is 0.450. The van der Waals surface area contributed by atoms with Crippen LogP contribution in [0.3, 0.4) is 0 Å². The number of rotatable bonds is 2. The molecule has 1 fully saturated rings. The minimum Gasteiger partial charge on any atom is -0.328 e. The van der Waals surface area contributed by atoms with Crippen molar-refractivity contribution in [3.05, 3.63) is 29.8 Å². The number of hydrogen-bond acceptors (Lipinski definition) is 2. The first-order valence-corrected chi connectivity index (χ1v) is 6.40. The molecule has 1 aromatic carbocycles. The third-order valence-corrected chi connectivity index (χ3v) is 4.24. The van der Waals surface area contributed by atoms with Gasteiger partial charge in [-0.1, -0.05) is 0 Å². The molecule has 0 radical (unpaired) electrons. The summed E-state index contributed by atoms with van der Waals surface area (Å²) < 4.78 is 25.7. The fourth-order valence-electron chi connectivity index (χ4n) is 1.95. The van der Waals surface area contributed by atoms with E-state index >= 15 is 0 Å². The molecule has 0 spiro atoms. The van der Waals surface area contributed by atoms with Gasteiger partial charge < -0.3 is 5.73 Å². The van der Waals surface area contributed by atoms with Crippen LogP contribution < -0.4 is 5.73 Å². The summed E-state index contributed by atoms with van der Waals surface area (Å²) >= 11 is 1.63. The second-order valence-electron chi connectivity index (χ2n) is 4.23. The van der Waals surface area contributed by atoms with E-state index in [2.05, 4.69) is 0 Å². The van der Waals surface area contributed by atoms with Crippen molar-refractivity contribution in [1.82, 2.24) is 0 Å². The first kappa shape index (κ1) is 11.9. The summed E-state index contributed by atoms with van der Waals surface area (Å²) in [6.07, 6.45) is 4.18. The molecule has 1 aliphatic carbocycles. The van der Waals surface area contributed by atoms with Crippen molar-refractivity contribution in [3.63, 3.8) is 0 Å². The Bertz CT molecular complexity index is 362. The SMILES string of the molecule is NC1CCC(Sc2ccc(F)c(F)c2)CC1. The van der Waals surface area contributed by atoms with Crippen LogP contribution in [0.5, 0.6) is 0 Å². The molecule has 0 aliphatic heterocycles. The Labute approximate surface area is 98.4 Å². The van der Waals surface area contributed by atoms with E-state index in [0.29, 0.717) is 11.3 Å². The third-order valence-electron chi connectivity index (χ3n) is 2.91. The van der Waals surface area contributed by atoms with Crippen molar-refractivity contribution in [2.24, 2.45) is 5.73 Å². The van der Waals surface area contributed by atoms with Crippen molar-refractivity contribution in [2.75, 3.05) is 0 Å². The Balaban J connectivity index is 1.96. The van der Waals surface area contributed by atoms with Gasteiger partial charge in [-0.3, -0.25) is 0 Å². The molecule has 88 valence electrons. The van der Waals surface area contributed by atoms with Crippen LogP contribution in [0.2, 0.25) is 0 Å². The number of benzene rings is 1. The topological polar surface area (TPSA) is 26.0 Å². The molecule has 4 heteroatoms. The van der Waals surface area contributed by atoms with Crippen LogP contribution in [0.4, 0.5) is 8.78 Å². The zero-order valence-corrected chi connectivity index (χ0v) is 9.77. The lowest BCUT2D eigenvalue weighted by atomic mass is 9.96. The average Bonchev–Trinajstić information content (AvgIpc) is 2.27. The fourth-order valence-corrected chi connectivity index (χ4v) is 3.16. The fraction of sp³-hybridized carbons (Fsp3) is 0.500. The Morgan fingerprint density at radius 2 is 1.75 bits per heavy atom. The Kier molecular flexibility index (Phi) is 3.82. The van der Waals surface area contributed by atoms with Crippen LogP contribution in [0.25, 0.3) is 0 Å². The molecule has 0 saturated heterocycles. The first-order chi connectivity index (χ1) is 7.65. The maximum atomic E-state index is 13.0. The molecule has 16 heavy (non-hydrogen) atoms. The molecule has 1 nitrogen and oxygen atoms in total. The average molecular weight is 243 g/mol. The first-order valence-electron chi connectivity index (χ1n) is 5.52. The normalized spacial score (nSPS) is 25.7. The van der Waals surface area contributed by atoms with E-state index in [-0.39, 0.29) is 0 Å². The molecule has 0 amide bonds. The summed E-state index contributed by atoms with van der Waals surface area (Å²) in [5.74, 6) is -1.55. The maximum Gasteiger partial charge on any atom is 0.159 e. The van der Waals surface area contributed by atoms with E-state index in [1.807, 2.05) is 0 Å². The van der Waals surface area contributed by atoms with Gasteiger partial charge in [-0.05, 0) is 43.9 Å². The van der Waals surface area contributed by atoms with Crippen molar-refractivity contribution in [2.45, 2.75) is 41.9 Å². The summed E-state index contributed by atoms with van der Waals surface area (Å²) in [5.41, 5.74) is 5.82. The predicted molar refractivity (Wildman–Crippen MR) is 62.4 cm³/mol. The Morgan fingerprint density at radius 1 is 1.06 bits per heavy atom. The van der Waals surface area contributed by atoms with Gasteiger partial charge >= 0.3 is 0 Å². The van der Waals surface area contributed by atoms with Gasteiger partial charge in [-0.15, -0.1) is 11.8 Å². The summed E-state index contributed by atoms with van der Waals surface area (Å²) in [4.78, 5) is 0.805. The minimum absolute atomic E-state index is 0.321. The highest BCUT2D eigenvalue weighted by Gasteiger charge is 2.19. The summed E-state index contributed by atoms with van der Waals surface area (Å²) in [7, 11) is 0. The van der Waals surface area contributed by atoms with Crippen LogP contribution in [-0.2, 0) is 0 Å². The molecule has 1 aromatic rings. The largest absolute Gasteiger partial charge is 0.328 e. The van der Waals surface area contributed by atoms with Crippen LogP contribution >= 0.6 is 11.8 Å². The molecule has 2 rings (SSSR count). The molecular formula is C12H15F2NS. The number of hydrogen-bond donors (Lipinski definition) is 1. The highest BCUT2D eigenvalue weighted by atomic mass is 32.2. The zero-order chi connectivity index (χ0) is 11.5. The monoisotopic (exact) mass is 243 g/mol. The predicted octanol–water partition coefficient (Wildman–Crippen LogP) is 3.33. The standard InChI is InChI=1S/C12H15F2NS/c13-11-6-5-10(7-12(11)14)16-9-3-1-8(15)2-4-9/h5-9H,1-4,15H2. The van der Waals surface area contributed by atoms with Gasteiger partial charge in [0.15, 0.2) is 11.6 Å². The van der Waals surface area contributed by atoms with E-state index in [4.69, 9.17) is 5.73 Å². The van der Waals surface area contributed by atoms with Gasteiger partial charge in [0.25, 0.3) is 0 Å². The van der Waals surface area contributed by atoms with Crippen molar-refractivity contribution >= 4 is 11.8 Å². The molecule has 0 heterocycles. The molecule has 2 N–H and O–H groups in total. The third kappa shape index (κ3) is 2.95. The Hall–Kier alpha value is -0.610. The summed E-state index contributed by atoms with van der Waals surface area (Å²) in [5, 5.41) is 0.490. The van der Waals surface area contributed by atoms with E-state index in [1.54, 1.807) is 17.8 Å². The highest BCUT2D eigenvalue weighted by Crippen LogP contribution is 2.33. The van der Waals surface area contributed by atoms with E-state index in [9.17, 15) is 8.78 Å². The lowest BCUT2D eigenvalue weighted by Crippen LogP contribution is -2.27.